The zero-order valence-electron chi connectivity index (χ0n) is 33.0. The number of hydrogen-bond acceptors (Lipinski definition) is 4. The molecule has 0 fully saturated rings. The summed E-state index contributed by atoms with van der Waals surface area (Å²) in [7, 11) is 2.16. The minimum Gasteiger partial charge on any atom is -0.454 e. The number of fused-ring (bicyclic) bond motifs is 7. The van der Waals surface area contributed by atoms with Crippen molar-refractivity contribution in [2.24, 2.45) is 7.05 Å². The fourth-order valence-electron chi connectivity index (χ4n) is 8.39. The highest BCUT2D eigenvalue weighted by molar-refractivity contribution is 6.15. The zero-order chi connectivity index (χ0) is 38.5. The Morgan fingerprint density at radius 3 is 2.11 bits per heavy atom. The van der Waals surface area contributed by atoms with Gasteiger partial charge in [-0.25, -0.2) is 9.55 Å². The number of oxazole rings is 1. The van der Waals surface area contributed by atoms with Crippen molar-refractivity contribution in [2.75, 3.05) is 0 Å². The van der Waals surface area contributed by atoms with Crippen LogP contribution in [-0.4, -0.2) is 9.55 Å². The highest BCUT2D eigenvalue weighted by Gasteiger charge is 2.35. The molecule has 6 nitrogen and oxygen atoms in total. The lowest BCUT2D eigenvalue weighted by atomic mass is 9.88. The molecule has 0 aliphatic rings. The van der Waals surface area contributed by atoms with Crippen molar-refractivity contribution in [1.29, 1.82) is 5.26 Å². The van der Waals surface area contributed by atoms with Crippen molar-refractivity contribution in [3.05, 3.63) is 125 Å². The summed E-state index contributed by atoms with van der Waals surface area (Å²) in [6.07, 6.45) is 0. The molecule has 0 saturated heterocycles. The molecule has 0 N–H and O–H groups in total. The predicted octanol–water partition coefficient (Wildman–Crippen LogP) is 12.7. The number of nitrogens with zero attached hydrogens (tertiary/aromatic N) is 4. The second-order valence-corrected chi connectivity index (χ2v) is 16.6. The average Bonchev–Trinajstić information content (AvgIpc) is 3.85. The largest absolute Gasteiger partial charge is 0.454 e. The van der Waals surface area contributed by atoms with Crippen LogP contribution in [0.15, 0.2) is 106 Å². The van der Waals surface area contributed by atoms with Crippen molar-refractivity contribution >= 4 is 54.8 Å². The molecule has 0 aliphatic heterocycles. The Balaban J connectivity index is 1.46. The summed E-state index contributed by atoms with van der Waals surface area (Å²) in [4.78, 5) is 4.82. The van der Waals surface area contributed by atoms with Gasteiger partial charge in [0.2, 0.25) is 5.89 Å². The van der Waals surface area contributed by atoms with Crippen LogP contribution in [-0.2, 0) is 12.5 Å². The maximum atomic E-state index is 10.6. The lowest BCUT2D eigenvalue weighted by Crippen LogP contribution is -2.30. The second-order valence-electron chi connectivity index (χ2n) is 16.6. The first-order valence-electron chi connectivity index (χ1n) is 19.2. The smallest absolute Gasteiger partial charge is 0.299 e. The van der Waals surface area contributed by atoms with E-state index in [1.807, 2.05) is 6.07 Å². The van der Waals surface area contributed by atoms with E-state index in [0.717, 1.165) is 44.3 Å². The minimum absolute atomic E-state index is 0.226. The number of hydrogen-bond donors (Lipinski definition) is 0. The Labute approximate surface area is 321 Å². The van der Waals surface area contributed by atoms with Gasteiger partial charge < -0.3 is 8.83 Å². The van der Waals surface area contributed by atoms with Crippen molar-refractivity contribution in [3.63, 3.8) is 0 Å². The van der Waals surface area contributed by atoms with E-state index in [-0.39, 0.29) is 17.3 Å². The number of aryl methyl sites for hydroxylation is 2. The fraction of sp³-hybridized carbons (Fsp3) is 0.245. The Morgan fingerprint density at radius 1 is 0.745 bits per heavy atom. The van der Waals surface area contributed by atoms with Gasteiger partial charge in [-0.05, 0) is 77.2 Å². The summed E-state index contributed by atoms with van der Waals surface area (Å²) < 4.78 is 18.1. The van der Waals surface area contributed by atoms with Crippen LogP contribution in [0.2, 0.25) is 0 Å². The Morgan fingerprint density at radius 2 is 1.44 bits per heavy atom. The molecule has 9 aromatic rings. The molecule has 6 heteroatoms. The molecule has 0 amide bonds. The summed E-state index contributed by atoms with van der Waals surface area (Å²) in [5.74, 6) is 2.06. The summed E-state index contributed by atoms with van der Waals surface area (Å²) in [5, 5.41) is 14.7. The molecule has 0 aliphatic carbocycles. The Kier molecular flexibility index (Phi) is 7.81. The van der Waals surface area contributed by atoms with Crippen molar-refractivity contribution in [3.8, 4) is 34.3 Å². The molecule has 0 unspecified atom stereocenters. The zero-order valence-corrected chi connectivity index (χ0v) is 33.0. The molecule has 0 radical (unpaired) electrons. The first kappa shape index (κ1) is 34.6. The van der Waals surface area contributed by atoms with Gasteiger partial charge in [-0.2, -0.15) is 9.83 Å². The van der Waals surface area contributed by atoms with E-state index in [0.29, 0.717) is 28.1 Å². The van der Waals surface area contributed by atoms with Gasteiger partial charge in [0.1, 0.15) is 28.4 Å². The number of imidazole rings is 1. The van der Waals surface area contributed by atoms with E-state index in [1.54, 1.807) is 0 Å². The summed E-state index contributed by atoms with van der Waals surface area (Å²) in [6, 6.07) is 37.3. The van der Waals surface area contributed by atoms with E-state index < -0.39 is 0 Å². The highest BCUT2D eigenvalue weighted by Crippen LogP contribution is 2.45. The minimum atomic E-state index is -0.311. The summed E-state index contributed by atoms with van der Waals surface area (Å²) in [5.41, 5.74) is 13.0. The normalized spacial score (nSPS) is 12.4. The molecule has 3 heterocycles. The standard InChI is InChI=1S/C49H45N4O2/c1-27(2)35-23-32(30-15-11-10-12-16-30)24-36(28(3)4)43(35)53-44-33-18-14-13-17-31(33)20-22-39(44)52(9)47(53)41-29(5)19-21-34-37-25-40-42(51-48(54-40)49(6,7)8)38(26-50)45(37)55-46(34)41/h10-25,27-28H,1-9H3/q+1. The molecule has 0 atom stereocenters. The summed E-state index contributed by atoms with van der Waals surface area (Å²) in [6.45, 7) is 17.5. The highest BCUT2D eigenvalue weighted by atomic mass is 16.4. The van der Waals surface area contributed by atoms with Crippen LogP contribution in [0, 0.1) is 18.3 Å². The van der Waals surface area contributed by atoms with Gasteiger partial charge in [0, 0.05) is 32.7 Å². The molecule has 0 saturated carbocycles. The van der Waals surface area contributed by atoms with Crippen molar-refractivity contribution in [1.82, 2.24) is 9.55 Å². The molecular weight excluding hydrogens is 677 g/mol. The molecule has 272 valence electrons. The second kappa shape index (κ2) is 12.4. The third-order valence-corrected chi connectivity index (χ3v) is 11.2. The number of benzene rings is 6. The monoisotopic (exact) mass is 721 g/mol. The predicted molar refractivity (Wildman–Crippen MR) is 224 cm³/mol. The topological polar surface area (TPSA) is 71.8 Å². The van der Waals surface area contributed by atoms with E-state index in [2.05, 4.69) is 169 Å². The van der Waals surface area contributed by atoms with Gasteiger partial charge in [-0.15, -0.1) is 0 Å². The number of furan rings is 1. The number of nitriles is 1. The van der Waals surface area contributed by atoms with Crippen LogP contribution in [0.4, 0.5) is 0 Å². The Bertz CT molecular complexity index is 3020. The molecular formula is C49H45N4O2+. The van der Waals surface area contributed by atoms with E-state index in [4.69, 9.17) is 13.8 Å². The quantitative estimate of drug-likeness (QED) is 0.166. The molecule has 3 aromatic heterocycles. The average molecular weight is 722 g/mol. The fourth-order valence-corrected chi connectivity index (χ4v) is 8.39. The van der Waals surface area contributed by atoms with Crippen LogP contribution < -0.4 is 4.57 Å². The van der Waals surface area contributed by atoms with Crippen LogP contribution in [0.5, 0.6) is 0 Å². The van der Waals surface area contributed by atoms with E-state index in [9.17, 15) is 5.26 Å². The maximum Gasteiger partial charge on any atom is 0.299 e. The molecule has 9 rings (SSSR count). The van der Waals surface area contributed by atoms with Gasteiger partial charge in [0.15, 0.2) is 27.8 Å². The molecule has 55 heavy (non-hydrogen) atoms. The molecule has 0 spiro atoms. The lowest BCUT2D eigenvalue weighted by Gasteiger charge is -2.21. The van der Waals surface area contributed by atoms with E-state index in [1.165, 1.54) is 38.7 Å². The molecule has 6 aromatic carbocycles. The SMILES string of the molecule is Cc1ccc2c(oc3c(C#N)c4nc(C(C)(C)C)oc4cc32)c1-c1n(-c2c(C(C)C)cc(-c3ccccc3)cc2C(C)C)c2c3ccccc3ccc2[n+]1C. The van der Waals surface area contributed by atoms with Crippen molar-refractivity contribution in [2.45, 2.75) is 72.6 Å². The van der Waals surface area contributed by atoms with Gasteiger partial charge in [-0.1, -0.05) is 109 Å². The Hall–Kier alpha value is -6.19. The summed E-state index contributed by atoms with van der Waals surface area (Å²) >= 11 is 0. The lowest BCUT2D eigenvalue weighted by molar-refractivity contribution is -0.633. The van der Waals surface area contributed by atoms with Gasteiger partial charge in [0.25, 0.3) is 5.82 Å². The van der Waals surface area contributed by atoms with Crippen molar-refractivity contribution < 1.29 is 13.4 Å². The van der Waals surface area contributed by atoms with Gasteiger partial charge in [0.05, 0.1) is 7.05 Å². The van der Waals surface area contributed by atoms with Crippen LogP contribution in [0.25, 0.3) is 83.0 Å². The first-order chi connectivity index (χ1) is 26.4. The van der Waals surface area contributed by atoms with Crippen LogP contribution in [0.1, 0.15) is 88.4 Å². The van der Waals surface area contributed by atoms with Crippen LogP contribution in [0.3, 0.4) is 0 Å². The van der Waals surface area contributed by atoms with Gasteiger partial charge in [-0.3, -0.25) is 0 Å². The number of rotatable bonds is 5. The van der Waals surface area contributed by atoms with Crippen LogP contribution >= 0.6 is 0 Å². The third kappa shape index (κ3) is 5.21. The number of aromatic nitrogens is 3. The molecule has 0 bridgehead atoms. The maximum absolute atomic E-state index is 10.6. The van der Waals surface area contributed by atoms with E-state index >= 15 is 0 Å². The first-order valence-corrected chi connectivity index (χ1v) is 19.2. The third-order valence-electron chi connectivity index (χ3n) is 11.2. The van der Waals surface area contributed by atoms with Gasteiger partial charge >= 0.3 is 0 Å².